The van der Waals surface area contributed by atoms with Gasteiger partial charge < -0.3 is 10.6 Å². The summed E-state index contributed by atoms with van der Waals surface area (Å²) in [5, 5.41) is 17.5. The fourth-order valence-corrected chi connectivity index (χ4v) is 3.64. The minimum absolute atomic E-state index is 0.176. The molecule has 1 saturated heterocycles. The largest absolute Gasteiger partial charge is 0.350 e. The topological polar surface area (TPSA) is 84.7 Å². The van der Waals surface area contributed by atoms with E-state index in [1.165, 1.54) is 19.3 Å². The molecule has 0 bridgehead atoms. The molecule has 3 heterocycles. The third kappa shape index (κ3) is 4.85. The van der Waals surface area contributed by atoms with Crippen molar-refractivity contribution in [2.75, 3.05) is 13.1 Å². The lowest BCUT2D eigenvalue weighted by Gasteiger charge is -2.23. The van der Waals surface area contributed by atoms with Gasteiger partial charge in [-0.05, 0) is 32.7 Å². The van der Waals surface area contributed by atoms with Crippen LogP contribution in [0, 0.1) is 6.92 Å². The summed E-state index contributed by atoms with van der Waals surface area (Å²) in [5.41, 5.74) is 1.40. The zero-order chi connectivity index (χ0) is 16.8. The Bertz CT molecular complexity index is 661. The van der Waals surface area contributed by atoms with Crippen molar-refractivity contribution in [3.8, 4) is 0 Å². The van der Waals surface area contributed by atoms with Crippen LogP contribution in [0.3, 0.4) is 0 Å². The molecule has 1 aliphatic heterocycles. The Morgan fingerprint density at radius 1 is 1.50 bits per heavy atom. The third-order valence-corrected chi connectivity index (χ3v) is 5.21. The first kappa shape index (κ1) is 17.0. The fraction of sp³-hybridized carbons (Fsp3) is 0.625. The van der Waals surface area contributed by atoms with Crippen LogP contribution >= 0.6 is 11.3 Å². The van der Waals surface area contributed by atoms with Crippen molar-refractivity contribution in [2.24, 2.45) is 0 Å². The van der Waals surface area contributed by atoms with Gasteiger partial charge in [0, 0.05) is 36.6 Å². The van der Waals surface area contributed by atoms with Crippen LogP contribution in [0.1, 0.15) is 46.9 Å². The molecule has 0 radical (unpaired) electrons. The normalized spacial score (nSPS) is 17.8. The fourth-order valence-electron chi connectivity index (χ4n) is 2.86. The molecule has 1 amide bonds. The maximum absolute atomic E-state index is 12.1. The van der Waals surface area contributed by atoms with E-state index in [0.29, 0.717) is 18.3 Å². The number of aryl methyl sites for hydroxylation is 2. The van der Waals surface area contributed by atoms with Gasteiger partial charge in [0.1, 0.15) is 0 Å². The highest BCUT2D eigenvalue weighted by Crippen LogP contribution is 2.11. The van der Waals surface area contributed by atoms with E-state index in [2.05, 4.69) is 25.9 Å². The van der Waals surface area contributed by atoms with Crippen LogP contribution in [0.5, 0.6) is 0 Å². The molecule has 2 N–H and O–H groups in total. The summed E-state index contributed by atoms with van der Waals surface area (Å²) in [4.78, 5) is 16.5. The average Bonchev–Trinajstić information content (AvgIpc) is 3.23. The molecule has 2 aromatic rings. The highest BCUT2D eigenvalue weighted by atomic mass is 32.1. The summed E-state index contributed by atoms with van der Waals surface area (Å²) in [7, 11) is 0. The highest BCUT2D eigenvalue weighted by Gasteiger charge is 2.14. The van der Waals surface area contributed by atoms with Crippen molar-refractivity contribution < 1.29 is 4.79 Å². The van der Waals surface area contributed by atoms with E-state index in [4.69, 9.17) is 0 Å². The molecule has 2 aromatic heterocycles. The van der Waals surface area contributed by atoms with Crippen molar-refractivity contribution in [1.82, 2.24) is 30.6 Å². The molecule has 3 rings (SSSR count). The number of thiazole rings is 1. The second-order valence-electron chi connectivity index (χ2n) is 6.19. The van der Waals surface area contributed by atoms with E-state index in [1.54, 1.807) is 22.2 Å². The van der Waals surface area contributed by atoms with E-state index in [1.807, 2.05) is 12.3 Å². The van der Waals surface area contributed by atoms with Crippen LogP contribution in [-0.2, 0) is 13.0 Å². The Morgan fingerprint density at radius 2 is 2.42 bits per heavy atom. The van der Waals surface area contributed by atoms with Crippen molar-refractivity contribution in [3.05, 3.63) is 28.0 Å². The van der Waals surface area contributed by atoms with Gasteiger partial charge in [0.2, 0.25) is 0 Å². The highest BCUT2D eigenvalue weighted by molar-refractivity contribution is 7.09. The van der Waals surface area contributed by atoms with Gasteiger partial charge in [-0.25, -0.2) is 4.98 Å². The third-order valence-electron chi connectivity index (χ3n) is 4.18. The number of rotatable bonds is 7. The molecular weight excluding hydrogens is 324 g/mol. The summed E-state index contributed by atoms with van der Waals surface area (Å²) >= 11 is 1.62. The molecule has 1 fully saturated rings. The molecule has 0 saturated carbocycles. The van der Waals surface area contributed by atoms with Gasteiger partial charge >= 0.3 is 0 Å². The standard InChI is InChI=1S/C16H24N6OS/c1-12-11-24-15(19-12)5-8-18-16(23)14-10-22(21-20-14)9-6-13-4-2-3-7-17-13/h10-11,13,17H,2-9H2,1H3,(H,18,23)/t13-/m1/s1. The second-order valence-corrected chi connectivity index (χ2v) is 7.13. The maximum atomic E-state index is 12.1. The lowest BCUT2D eigenvalue weighted by molar-refractivity contribution is 0.0949. The van der Waals surface area contributed by atoms with Gasteiger partial charge in [0.15, 0.2) is 5.69 Å². The van der Waals surface area contributed by atoms with E-state index in [9.17, 15) is 4.79 Å². The molecule has 1 atom stereocenters. The molecule has 130 valence electrons. The van der Waals surface area contributed by atoms with Crippen LogP contribution in [0.25, 0.3) is 0 Å². The Hall–Kier alpha value is -1.80. The minimum atomic E-state index is -0.176. The monoisotopic (exact) mass is 348 g/mol. The summed E-state index contributed by atoms with van der Waals surface area (Å²) < 4.78 is 1.76. The van der Waals surface area contributed by atoms with E-state index < -0.39 is 0 Å². The van der Waals surface area contributed by atoms with Gasteiger partial charge in [-0.1, -0.05) is 11.6 Å². The summed E-state index contributed by atoms with van der Waals surface area (Å²) in [5.74, 6) is -0.176. The minimum Gasteiger partial charge on any atom is -0.350 e. The number of aromatic nitrogens is 4. The molecule has 7 nitrogen and oxygen atoms in total. The Labute approximate surface area is 145 Å². The Kier molecular flexibility index (Phi) is 5.92. The molecular formula is C16H24N6OS. The first-order valence-electron chi connectivity index (χ1n) is 8.53. The quantitative estimate of drug-likeness (QED) is 0.793. The van der Waals surface area contributed by atoms with Crippen molar-refractivity contribution in [1.29, 1.82) is 0 Å². The van der Waals surface area contributed by atoms with Crippen LogP contribution in [0.4, 0.5) is 0 Å². The van der Waals surface area contributed by atoms with Gasteiger partial charge in [0.25, 0.3) is 5.91 Å². The maximum Gasteiger partial charge on any atom is 0.273 e. The van der Waals surface area contributed by atoms with Gasteiger partial charge in [-0.15, -0.1) is 16.4 Å². The van der Waals surface area contributed by atoms with Crippen LogP contribution in [0.2, 0.25) is 0 Å². The number of amides is 1. The Balaban J connectivity index is 1.41. The molecule has 8 heteroatoms. The Morgan fingerprint density at radius 3 is 3.17 bits per heavy atom. The van der Waals surface area contributed by atoms with Crippen LogP contribution in [-0.4, -0.2) is 45.0 Å². The van der Waals surface area contributed by atoms with Crippen molar-refractivity contribution in [3.63, 3.8) is 0 Å². The van der Waals surface area contributed by atoms with E-state index in [0.717, 1.165) is 36.6 Å². The summed E-state index contributed by atoms with van der Waals surface area (Å²) in [6.07, 6.45) is 7.27. The van der Waals surface area contributed by atoms with Gasteiger partial charge in [0.05, 0.1) is 11.2 Å². The van der Waals surface area contributed by atoms with Crippen LogP contribution in [0.15, 0.2) is 11.6 Å². The number of hydrogen-bond acceptors (Lipinski definition) is 6. The molecule has 1 aliphatic rings. The van der Waals surface area contributed by atoms with Gasteiger partial charge in [-0.3, -0.25) is 9.48 Å². The van der Waals surface area contributed by atoms with Gasteiger partial charge in [-0.2, -0.15) is 0 Å². The molecule has 0 aromatic carbocycles. The SMILES string of the molecule is Cc1csc(CCNC(=O)c2cn(CC[C@H]3CCCCN3)nn2)n1. The molecule has 0 spiro atoms. The number of nitrogens with one attached hydrogen (secondary N) is 2. The summed E-state index contributed by atoms with van der Waals surface area (Å²) in [6.45, 7) is 4.43. The zero-order valence-corrected chi connectivity index (χ0v) is 14.8. The van der Waals surface area contributed by atoms with Crippen molar-refractivity contribution in [2.45, 2.75) is 51.6 Å². The van der Waals surface area contributed by atoms with Crippen LogP contribution < -0.4 is 10.6 Å². The summed E-state index contributed by atoms with van der Waals surface area (Å²) in [6, 6.07) is 0.557. The molecule has 0 unspecified atom stereocenters. The zero-order valence-electron chi connectivity index (χ0n) is 14.0. The number of carbonyl (C=O) groups is 1. The lowest BCUT2D eigenvalue weighted by Crippen LogP contribution is -2.34. The van der Waals surface area contributed by atoms with E-state index in [-0.39, 0.29) is 5.91 Å². The number of carbonyl (C=O) groups excluding carboxylic acids is 1. The first-order chi connectivity index (χ1) is 11.7. The smallest absolute Gasteiger partial charge is 0.273 e. The van der Waals surface area contributed by atoms with Crippen molar-refractivity contribution >= 4 is 17.2 Å². The second kappa shape index (κ2) is 8.34. The predicted molar refractivity (Wildman–Crippen MR) is 93.2 cm³/mol. The average molecular weight is 348 g/mol. The molecule has 0 aliphatic carbocycles. The number of piperidine rings is 1. The number of hydrogen-bond donors (Lipinski definition) is 2. The number of nitrogens with zero attached hydrogens (tertiary/aromatic N) is 4. The molecule has 24 heavy (non-hydrogen) atoms. The predicted octanol–water partition coefficient (Wildman–Crippen LogP) is 1.55. The first-order valence-corrected chi connectivity index (χ1v) is 9.41. The van der Waals surface area contributed by atoms with E-state index >= 15 is 0 Å². The lowest BCUT2D eigenvalue weighted by atomic mass is 10.0.